The first-order valence-corrected chi connectivity index (χ1v) is 7.70. The predicted octanol–water partition coefficient (Wildman–Crippen LogP) is 3.32. The molecule has 3 N–H and O–H groups in total. The molecular formula is C17H22F2N4O4. The maximum Gasteiger partial charge on any atom is 0.412 e. The molecule has 2 aromatic rings. The number of nitrogens with zero attached hydrogens (tertiary/aromatic N) is 3. The topological polar surface area (TPSA) is 111 Å². The highest BCUT2D eigenvalue weighted by Gasteiger charge is 2.33. The summed E-state index contributed by atoms with van der Waals surface area (Å²) in [5, 5.41) is 9.18. The summed E-state index contributed by atoms with van der Waals surface area (Å²) in [4.78, 5) is 19.6. The van der Waals surface area contributed by atoms with Crippen LogP contribution in [-0.4, -0.2) is 40.9 Å². The number of nitrogens with two attached hydrogens (primary N) is 1. The minimum Gasteiger partial charge on any atom is -0.479 e. The molecule has 0 aromatic carbocycles. The average molecular weight is 384 g/mol. The van der Waals surface area contributed by atoms with E-state index in [1.54, 1.807) is 20.8 Å². The van der Waals surface area contributed by atoms with Crippen LogP contribution in [0.2, 0.25) is 0 Å². The second-order valence-electron chi connectivity index (χ2n) is 6.16. The zero-order valence-corrected chi connectivity index (χ0v) is 15.7. The molecule has 0 saturated carbocycles. The number of hydrogen-bond acceptors (Lipinski definition) is 6. The summed E-state index contributed by atoms with van der Waals surface area (Å²) >= 11 is 0. The summed E-state index contributed by atoms with van der Waals surface area (Å²) in [6.07, 6.45) is 1.26. The zero-order chi connectivity index (χ0) is 20.8. The molecule has 10 heteroatoms. The van der Waals surface area contributed by atoms with Crippen molar-refractivity contribution < 1.29 is 28.2 Å². The molecule has 148 valence electrons. The van der Waals surface area contributed by atoms with E-state index in [-0.39, 0.29) is 23.1 Å². The smallest absolute Gasteiger partial charge is 0.412 e. The Hall–Kier alpha value is -3.17. The largest absolute Gasteiger partial charge is 0.479 e. The van der Waals surface area contributed by atoms with Gasteiger partial charge in [0.2, 0.25) is 11.8 Å². The highest BCUT2D eigenvalue weighted by Crippen LogP contribution is 2.33. The van der Waals surface area contributed by atoms with Gasteiger partial charge in [0.05, 0.1) is 14.2 Å². The van der Waals surface area contributed by atoms with Crippen molar-refractivity contribution in [1.29, 1.82) is 0 Å². The van der Waals surface area contributed by atoms with Gasteiger partial charge in [-0.05, 0) is 32.9 Å². The molecule has 0 atom stereocenters. The van der Waals surface area contributed by atoms with E-state index in [2.05, 4.69) is 14.7 Å². The Labute approximate surface area is 155 Å². The molecule has 0 bridgehead atoms. The molecule has 0 unspecified atom stereocenters. The summed E-state index contributed by atoms with van der Waals surface area (Å²) in [7, 11) is 2.70. The van der Waals surface area contributed by atoms with Gasteiger partial charge in [0.25, 0.3) is 0 Å². The fraction of sp³-hybridized carbons (Fsp3) is 0.353. The summed E-state index contributed by atoms with van der Waals surface area (Å²) in [6, 6.07) is 2.28. The molecule has 27 heavy (non-hydrogen) atoms. The van der Waals surface area contributed by atoms with Gasteiger partial charge in [-0.1, -0.05) is 0 Å². The average Bonchev–Trinajstić information content (AvgIpc) is 2.58. The van der Waals surface area contributed by atoms with Crippen molar-refractivity contribution in [2.24, 2.45) is 0 Å². The standard InChI is InChI=1S/C11H15FN2O3.C6H7FN2O/c1-11(2,3)14(10(15)16)8-7(12)5-6-13-9(8)17-4;1-10-6-5(8)4(7)2-3-9-6/h5-6H,1-4H3,(H,15,16);2-3H,8H2,1H3. The number of ether oxygens (including phenoxy) is 2. The van der Waals surface area contributed by atoms with Gasteiger partial charge in [-0.3, -0.25) is 4.90 Å². The van der Waals surface area contributed by atoms with E-state index < -0.39 is 23.3 Å². The molecule has 8 nitrogen and oxygen atoms in total. The Kier molecular flexibility index (Phi) is 7.26. The van der Waals surface area contributed by atoms with Crippen molar-refractivity contribution in [3.63, 3.8) is 0 Å². The van der Waals surface area contributed by atoms with E-state index in [1.807, 2.05) is 0 Å². The maximum atomic E-state index is 13.8. The van der Waals surface area contributed by atoms with E-state index >= 15 is 0 Å². The molecule has 0 radical (unpaired) electrons. The lowest BCUT2D eigenvalue weighted by molar-refractivity contribution is 0.194. The van der Waals surface area contributed by atoms with Crippen LogP contribution in [0.25, 0.3) is 0 Å². The monoisotopic (exact) mass is 384 g/mol. The first-order chi connectivity index (χ1) is 12.5. The number of amides is 1. The summed E-state index contributed by atoms with van der Waals surface area (Å²) in [5.74, 6) is -1.12. The number of halogens is 2. The maximum absolute atomic E-state index is 13.8. The van der Waals surface area contributed by atoms with Crippen LogP contribution in [0.4, 0.5) is 25.0 Å². The number of nitrogen functional groups attached to an aromatic ring is 1. The molecular weight excluding hydrogens is 362 g/mol. The van der Waals surface area contributed by atoms with Crippen LogP contribution in [0, 0.1) is 11.6 Å². The SMILES string of the molecule is COc1nccc(F)c1N.COc1nccc(F)c1N(C(=O)O)C(C)(C)C. The minimum absolute atomic E-state index is 0.0509. The molecule has 0 fully saturated rings. The van der Waals surface area contributed by atoms with Gasteiger partial charge >= 0.3 is 6.09 Å². The van der Waals surface area contributed by atoms with E-state index in [4.69, 9.17) is 10.5 Å². The lowest BCUT2D eigenvalue weighted by Gasteiger charge is -2.33. The normalized spacial score (nSPS) is 10.5. The van der Waals surface area contributed by atoms with Crippen LogP contribution in [0.15, 0.2) is 24.5 Å². The second-order valence-corrected chi connectivity index (χ2v) is 6.16. The number of pyridine rings is 2. The van der Waals surface area contributed by atoms with Crippen molar-refractivity contribution in [2.45, 2.75) is 26.3 Å². The van der Waals surface area contributed by atoms with Gasteiger partial charge in [0, 0.05) is 17.9 Å². The van der Waals surface area contributed by atoms with Crippen molar-refractivity contribution >= 4 is 17.5 Å². The summed E-state index contributed by atoms with van der Waals surface area (Å²) in [6.45, 7) is 4.98. The number of anilines is 2. The minimum atomic E-state index is -1.26. The van der Waals surface area contributed by atoms with Crippen LogP contribution >= 0.6 is 0 Å². The number of carboxylic acid groups (broad SMARTS) is 1. The third kappa shape index (κ3) is 5.40. The van der Waals surface area contributed by atoms with Gasteiger partial charge in [-0.15, -0.1) is 0 Å². The lowest BCUT2D eigenvalue weighted by Crippen LogP contribution is -2.46. The van der Waals surface area contributed by atoms with E-state index in [0.29, 0.717) is 0 Å². The molecule has 0 aliphatic carbocycles. The van der Waals surface area contributed by atoms with Crippen LogP contribution in [0.1, 0.15) is 20.8 Å². The molecule has 0 saturated heterocycles. The Morgan fingerprint density at radius 2 is 1.56 bits per heavy atom. The highest BCUT2D eigenvalue weighted by atomic mass is 19.1. The highest BCUT2D eigenvalue weighted by molar-refractivity contribution is 5.89. The number of aromatic nitrogens is 2. The van der Waals surface area contributed by atoms with E-state index in [1.165, 1.54) is 32.7 Å². The Morgan fingerprint density at radius 3 is 1.96 bits per heavy atom. The molecule has 0 aliphatic heterocycles. The van der Waals surface area contributed by atoms with Gasteiger partial charge in [0.15, 0.2) is 11.6 Å². The quantitative estimate of drug-likeness (QED) is 0.835. The lowest BCUT2D eigenvalue weighted by atomic mass is 10.1. The Balaban J connectivity index is 0.000000309. The van der Waals surface area contributed by atoms with Crippen molar-refractivity contribution in [2.75, 3.05) is 24.9 Å². The molecule has 2 aromatic heterocycles. The predicted molar refractivity (Wildman–Crippen MR) is 96.2 cm³/mol. The van der Waals surface area contributed by atoms with Crippen molar-refractivity contribution in [3.05, 3.63) is 36.2 Å². The summed E-state index contributed by atoms with van der Waals surface area (Å²) in [5.41, 5.74) is 4.21. The Bertz CT molecular complexity index is 797. The number of carbonyl (C=O) groups is 1. The van der Waals surface area contributed by atoms with Crippen LogP contribution in [-0.2, 0) is 0 Å². The number of hydrogen-bond donors (Lipinski definition) is 2. The number of methoxy groups -OCH3 is 2. The van der Waals surface area contributed by atoms with Gasteiger partial charge in [-0.2, -0.15) is 0 Å². The molecule has 1 amide bonds. The molecule has 2 rings (SSSR count). The molecule has 0 spiro atoms. The molecule has 0 aliphatic rings. The first kappa shape index (κ1) is 21.9. The second kappa shape index (κ2) is 8.97. The first-order valence-electron chi connectivity index (χ1n) is 7.70. The van der Waals surface area contributed by atoms with Gasteiger partial charge in [0.1, 0.15) is 11.4 Å². The van der Waals surface area contributed by atoms with Crippen molar-refractivity contribution in [3.8, 4) is 11.8 Å². The van der Waals surface area contributed by atoms with Gasteiger partial charge in [-0.25, -0.2) is 23.5 Å². The third-order valence-corrected chi connectivity index (χ3v) is 3.21. The van der Waals surface area contributed by atoms with E-state index in [0.717, 1.165) is 11.0 Å². The van der Waals surface area contributed by atoms with Crippen LogP contribution in [0.3, 0.4) is 0 Å². The molecule has 2 heterocycles. The van der Waals surface area contributed by atoms with Crippen LogP contribution in [0.5, 0.6) is 11.8 Å². The fourth-order valence-corrected chi connectivity index (χ4v) is 2.08. The number of rotatable bonds is 3. The fourth-order valence-electron chi connectivity index (χ4n) is 2.08. The Morgan fingerprint density at radius 1 is 1.07 bits per heavy atom. The van der Waals surface area contributed by atoms with Crippen molar-refractivity contribution in [1.82, 2.24) is 9.97 Å². The zero-order valence-electron chi connectivity index (χ0n) is 15.7. The third-order valence-electron chi connectivity index (χ3n) is 3.21. The van der Waals surface area contributed by atoms with Gasteiger partial charge < -0.3 is 20.3 Å². The van der Waals surface area contributed by atoms with Crippen LogP contribution < -0.4 is 20.1 Å². The van der Waals surface area contributed by atoms with E-state index in [9.17, 15) is 18.7 Å². The summed E-state index contributed by atoms with van der Waals surface area (Å²) < 4.78 is 35.8.